The van der Waals surface area contributed by atoms with Crippen molar-refractivity contribution in [2.24, 2.45) is 0 Å². The second kappa shape index (κ2) is 6.28. The van der Waals surface area contributed by atoms with Crippen molar-refractivity contribution in [2.75, 3.05) is 6.54 Å². The van der Waals surface area contributed by atoms with E-state index >= 15 is 0 Å². The maximum atomic E-state index is 4.28. The van der Waals surface area contributed by atoms with Crippen molar-refractivity contribution >= 4 is 22.7 Å². The Bertz CT molecular complexity index is 434. The van der Waals surface area contributed by atoms with Gasteiger partial charge in [0.15, 0.2) is 0 Å². The number of nitrogens with one attached hydrogen (secondary N) is 1. The molecule has 0 saturated carbocycles. The van der Waals surface area contributed by atoms with Gasteiger partial charge >= 0.3 is 0 Å². The lowest BCUT2D eigenvalue weighted by atomic mass is 10.2. The van der Waals surface area contributed by atoms with Crippen LogP contribution in [0.3, 0.4) is 0 Å². The number of rotatable bonds is 6. The molecule has 2 nitrogen and oxygen atoms in total. The van der Waals surface area contributed by atoms with Crippen molar-refractivity contribution in [1.82, 2.24) is 10.3 Å². The zero-order valence-electron chi connectivity index (χ0n) is 10.3. The summed E-state index contributed by atoms with van der Waals surface area (Å²) >= 11 is 3.59. The van der Waals surface area contributed by atoms with Crippen molar-refractivity contribution in [3.8, 4) is 0 Å². The van der Waals surface area contributed by atoms with Gasteiger partial charge in [0.2, 0.25) is 0 Å². The number of hydrogen-bond donors (Lipinski definition) is 1. The molecule has 0 amide bonds. The van der Waals surface area contributed by atoms with Crippen LogP contribution in [-0.4, -0.2) is 11.5 Å². The topological polar surface area (TPSA) is 24.9 Å². The first kappa shape index (κ1) is 12.7. The van der Waals surface area contributed by atoms with Gasteiger partial charge in [-0.1, -0.05) is 13.0 Å². The van der Waals surface area contributed by atoms with E-state index < -0.39 is 0 Å². The van der Waals surface area contributed by atoms with Crippen LogP contribution in [0.4, 0.5) is 0 Å². The zero-order valence-corrected chi connectivity index (χ0v) is 11.9. The van der Waals surface area contributed by atoms with Gasteiger partial charge in [-0.2, -0.15) is 0 Å². The van der Waals surface area contributed by atoms with Gasteiger partial charge in [0.1, 0.15) is 0 Å². The molecule has 0 spiro atoms. The largest absolute Gasteiger partial charge is 0.309 e. The Balaban J connectivity index is 1.83. The predicted octanol–water partition coefficient (Wildman–Crippen LogP) is 3.80. The molecule has 0 aliphatic heterocycles. The first-order valence-corrected chi connectivity index (χ1v) is 7.73. The van der Waals surface area contributed by atoms with Gasteiger partial charge in [0.25, 0.3) is 0 Å². The highest BCUT2D eigenvalue weighted by atomic mass is 32.1. The van der Waals surface area contributed by atoms with E-state index in [4.69, 9.17) is 0 Å². The minimum Gasteiger partial charge on any atom is -0.309 e. The molecule has 0 radical (unpaired) electrons. The average molecular weight is 266 g/mol. The molecule has 92 valence electrons. The van der Waals surface area contributed by atoms with E-state index in [2.05, 4.69) is 41.7 Å². The van der Waals surface area contributed by atoms with E-state index in [0.29, 0.717) is 6.04 Å². The second-order valence-corrected chi connectivity index (χ2v) is 5.96. The lowest BCUT2D eigenvalue weighted by Gasteiger charge is -2.15. The third-order valence-electron chi connectivity index (χ3n) is 2.88. The maximum absolute atomic E-state index is 4.28. The van der Waals surface area contributed by atoms with E-state index in [-0.39, 0.29) is 0 Å². The molecule has 2 heterocycles. The summed E-state index contributed by atoms with van der Waals surface area (Å²) < 4.78 is 0. The number of aromatic nitrogens is 1. The van der Waals surface area contributed by atoms with Crippen molar-refractivity contribution in [1.29, 1.82) is 0 Å². The maximum Gasteiger partial charge on any atom is 0.0797 e. The summed E-state index contributed by atoms with van der Waals surface area (Å²) in [5, 5.41) is 5.77. The summed E-state index contributed by atoms with van der Waals surface area (Å²) in [5.41, 5.74) is 3.11. The molecule has 2 rings (SSSR count). The summed E-state index contributed by atoms with van der Waals surface area (Å²) in [5.74, 6) is 0. The first-order valence-electron chi connectivity index (χ1n) is 5.97. The van der Waals surface area contributed by atoms with Gasteiger partial charge in [-0.25, -0.2) is 4.98 Å². The zero-order chi connectivity index (χ0) is 12.1. The quantitative estimate of drug-likeness (QED) is 0.860. The average Bonchev–Trinajstić information content (AvgIpc) is 2.97. The van der Waals surface area contributed by atoms with Crippen LogP contribution in [0, 0.1) is 6.92 Å². The summed E-state index contributed by atoms with van der Waals surface area (Å²) in [7, 11) is 0. The van der Waals surface area contributed by atoms with E-state index in [1.807, 2.05) is 16.8 Å². The Labute approximate surface area is 111 Å². The highest BCUT2D eigenvalue weighted by molar-refractivity contribution is 7.10. The number of aryl methyl sites for hydroxylation is 1. The monoisotopic (exact) mass is 266 g/mol. The van der Waals surface area contributed by atoms with E-state index in [1.54, 1.807) is 11.3 Å². The van der Waals surface area contributed by atoms with Gasteiger partial charge in [0.05, 0.1) is 11.2 Å². The highest BCUT2D eigenvalue weighted by Gasteiger charge is 2.09. The van der Waals surface area contributed by atoms with Crippen LogP contribution >= 0.6 is 22.7 Å². The summed E-state index contributed by atoms with van der Waals surface area (Å²) in [6.45, 7) is 5.34. The molecule has 4 heteroatoms. The summed E-state index contributed by atoms with van der Waals surface area (Å²) in [4.78, 5) is 7.12. The molecule has 2 aromatic heterocycles. The van der Waals surface area contributed by atoms with Crippen LogP contribution in [0.25, 0.3) is 0 Å². The number of hydrogen-bond acceptors (Lipinski definition) is 4. The molecule has 17 heavy (non-hydrogen) atoms. The minimum absolute atomic E-state index is 0.503. The fourth-order valence-corrected chi connectivity index (χ4v) is 3.53. The van der Waals surface area contributed by atoms with Crippen LogP contribution < -0.4 is 5.32 Å². The molecule has 2 aromatic rings. The molecule has 1 unspecified atom stereocenters. The van der Waals surface area contributed by atoms with E-state index in [0.717, 1.165) is 19.4 Å². The Morgan fingerprint density at radius 1 is 1.41 bits per heavy atom. The van der Waals surface area contributed by atoms with Gasteiger partial charge in [0, 0.05) is 22.3 Å². The standard InChI is InChI=1S/C13H18N2S2/c1-3-11(13-5-4-8-16-13)14-7-6-12-10(2)15-9-17-12/h4-5,8-9,11,14H,3,6-7H2,1-2H3. The van der Waals surface area contributed by atoms with Crippen molar-refractivity contribution in [2.45, 2.75) is 32.7 Å². The van der Waals surface area contributed by atoms with Gasteiger partial charge in [-0.3, -0.25) is 0 Å². The lowest BCUT2D eigenvalue weighted by molar-refractivity contribution is 0.531. The van der Waals surface area contributed by atoms with Crippen LogP contribution in [0.1, 0.15) is 34.8 Å². The minimum atomic E-state index is 0.503. The SMILES string of the molecule is CCC(NCCc1scnc1C)c1cccs1. The van der Waals surface area contributed by atoms with Crippen LogP contribution in [0.2, 0.25) is 0 Å². The van der Waals surface area contributed by atoms with E-state index in [1.165, 1.54) is 15.4 Å². The summed E-state index contributed by atoms with van der Waals surface area (Å²) in [6, 6.07) is 4.84. The molecular formula is C13H18N2S2. The number of nitrogens with zero attached hydrogens (tertiary/aromatic N) is 1. The lowest BCUT2D eigenvalue weighted by Crippen LogP contribution is -2.22. The molecule has 1 atom stereocenters. The molecular weight excluding hydrogens is 248 g/mol. The molecule has 0 bridgehead atoms. The van der Waals surface area contributed by atoms with Crippen LogP contribution in [0.5, 0.6) is 0 Å². The fourth-order valence-electron chi connectivity index (χ4n) is 1.86. The van der Waals surface area contributed by atoms with Gasteiger partial charge in [-0.15, -0.1) is 22.7 Å². The predicted molar refractivity (Wildman–Crippen MR) is 75.9 cm³/mol. The Morgan fingerprint density at radius 2 is 2.29 bits per heavy atom. The normalized spacial score (nSPS) is 12.8. The fraction of sp³-hybridized carbons (Fsp3) is 0.462. The molecule has 0 saturated heterocycles. The third-order valence-corrected chi connectivity index (χ3v) is 4.86. The van der Waals surface area contributed by atoms with Crippen molar-refractivity contribution in [3.05, 3.63) is 38.5 Å². The number of thiophene rings is 1. The first-order chi connectivity index (χ1) is 8.31. The third kappa shape index (κ3) is 3.37. The van der Waals surface area contributed by atoms with Crippen molar-refractivity contribution in [3.63, 3.8) is 0 Å². The number of thiazole rings is 1. The van der Waals surface area contributed by atoms with Gasteiger partial charge in [-0.05, 0) is 31.2 Å². The van der Waals surface area contributed by atoms with Crippen LogP contribution in [-0.2, 0) is 6.42 Å². The highest BCUT2D eigenvalue weighted by Crippen LogP contribution is 2.21. The molecule has 0 aliphatic carbocycles. The Hall–Kier alpha value is -0.710. The smallest absolute Gasteiger partial charge is 0.0797 e. The second-order valence-electron chi connectivity index (χ2n) is 4.04. The molecule has 0 aromatic carbocycles. The molecule has 0 aliphatic rings. The van der Waals surface area contributed by atoms with E-state index in [9.17, 15) is 0 Å². The van der Waals surface area contributed by atoms with Crippen molar-refractivity contribution < 1.29 is 0 Å². The molecule has 1 N–H and O–H groups in total. The Kier molecular flexibility index (Phi) is 4.71. The summed E-state index contributed by atoms with van der Waals surface area (Å²) in [6.07, 6.45) is 2.22. The van der Waals surface area contributed by atoms with Gasteiger partial charge < -0.3 is 5.32 Å². The molecule has 0 fully saturated rings. The van der Waals surface area contributed by atoms with Crippen LogP contribution in [0.15, 0.2) is 23.0 Å². The Morgan fingerprint density at radius 3 is 2.88 bits per heavy atom.